The Kier molecular flexibility index (Phi) is 5.31. The van der Waals surface area contributed by atoms with Gasteiger partial charge in [0.25, 0.3) is 5.91 Å². The van der Waals surface area contributed by atoms with Crippen LogP contribution in [0.2, 0.25) is 0 Å². The number of hydrogen-bond acceptors (Lipinski definition) is 4. The maximum atomic E-state index is 13.1. The third-order valence-electron chi connectivity index (χ3n) is 6.36. The van der Waals surface area contributed by atoms with E-state index in [1.54, 1.807) is 0 Å². The van der Waals surface area contributed by atoms with Crippen LogP contribution in [0.5, 0.6) is 0 Å². The van der Waals surface area contributed by atoms with Crippen molar-refractivity contribution >= 4 is 33.6 Å². The average molecular weight is 428 g/mol. The lowest BCUT2D eigenvalue weighted by Gasteiger charge is -2.26. The Labute approximate surface area is 184 Å². The molecule has 7 heteroatoms. The van der Waals surface area contributed by atoms with E-state index in [-0.39, 0.29) is 17.9 Å². The number of amides is 1. The molecule has 0 spiro atoms. The first kappa shape index (κ1) is 20.2. The summed E-state index contributed by atoms with van der Waals surface area (Å²) in [5.74, 6) is -1.29. The maximum absolute atomic E-state index is 13.1. The van der Waals surface area contributed by atoms with E-state index in [0.29, 0.717) is 37.8 Å². The molecule has 0 saturated heterocycles. The first-order valence-corrected chi connectivity index (χ1v) is 10.9. The van der Waals surface area contributed by atoms with Crippen LogP contribution in [-0.4, -0.2) is 38.2 Å². The van der Waals surface area contributed by atoms with Crippen molar-refractivity contribution < 1.29 is 14.7 Å². The monoisotopic (exact) mass is 428 g/mol. The van der Waals surface area contributed by atoms with Gasteiger partial charge in [0.1, 0.15) is 0 Å². The number of nitrogens with zero attached hydrogens (tertiary/aromatic N) is 2. The molecule has 0 radical (unpaired) electrons. The minimum absolute atomic E-state index is 0.0285. The standard InChI is InChI=1S/C25H24N4O3/c30-24(27-19-10-8-15(9-11-19)25(31)32)23-22-17(6-3-7-21(22)28-29-23)13-20-12-16-4-1-2-5-18(16)14-26-20/h1-7,12,14-15,19H,8-11,13H2,(H,27,30)(H,28,29)(H,31,32). The van der Waals surface area contributed by atoms with Crippen molar-refractivity contribution in [1.29, 1.82) is 0 Å². The van der Waals surface area contributed by atoms with Gasteiger partial charge in [-0.25, -0.2) is 0 Å². The number of fused-ring (bicyclic) bond motifs is 2. The molecule has 1 aliphatic carbocycles. The zero-order chi connectivity index (χ0) is 22.1. The van der Waals surface area contributed by atoms with Gasteiger partial charge < -0.3 is 10.4 Å². The van der Waals surface area contributed by atoms with Crippen LogP contribution in [0.4, 0.5) is 0 Å². The van der Waals surface area contributed by atoms with Gasteiger partial charge >= 0.3 is 5.97 Å². The number of rotatable bonds is 5. The molecule has 1 fully saturated rings. The molecule has 1 amide bonds. The summed E-state index contributed by atoms with van der Waals surface area (Å²) in [5.41, 5.74) is 3.09. The molecule has 162 valence electrons. The highest BCUT2D eigenvalue weighted by atomic mass is 16.4. The summed E-state index contributed by atoms with van der Waals surface area (Å²) < 4.78 is 0. The van der Waals surface area contributed by atoms with Crippen molar-refractivity contribution in [1.82, 2.24) is 20.5 Å². The number of carboxylic acids is 1. The fourth-order valence-corrected chi connectivity index (χ4v) is 4.62. The topological polar surface area (TPSA) is 108 Å². The van der Waals surface area contributed by atoms with Crippen LogP contribution in [0.25, 0.3) is 21.7 Å². The molecule has 0 aliphatic heterocycles. The van der Waals surface area contributed by atoms with Crippen LogP contribution in [-0.2, 0) is 11.2 Å². The third kappa shape index (κ3) is 3.93. The van der Waals surface area contributed by atoms with Crippen molar-refractivity contribution in [3.05, 3.63) is 71.7 Å². The van der Waals surface area contributed by atoms with Crippen molar-refractivity contribution in [3.63, 3.8) is 0 Å². The molecule has 0 atom stereocenters. The quantitative estimate of drug-likeness (QED) is 0.444. The van der Waals surface area contributed by atoms with Gasteiger partial charge in [0.2, 0.25) is 0 Å². The van der Waals surface area contributed by atoms with Gasteiger partial charge in [-0.05, 0) is 48.8 Å². The Morgan fingerprint density at radius 1 is 1.03 bits per heavy atom. The van der Waals surface area contributed by atoms with Crippen molar-refractivity contribution in [2.45, 2.75) is 38.1 Å². The van der Waals surface area contributed by atoms with Crippen LogP contribution in [0, 0.1) is 5.92 Å². The smallest absolute Gasteiger partial charge is 0.306 e. The highest BCUT2D eigenvalue weighted by Crippen LogP contribution is 2.27. The number of carbonyl (C=O) groups is 2. The number of carbonyl (C=O) groups excluding carboxylic acids is 1. The normalized spacial score (nSPS) is 18.6. The lowest BCUT2D eigenvalue weighted by atomic mass is 9.86. The van der Waals surface area contributed by atoms with E-state index >= 15 is 0 Å². The van der Waals surface area contributed by atoms with E-state index in [1.807, 2.05) is 42.6 Å². The molecule has 4 aromatic rings. The Balaban J connectivity index is 1.39. The highest BCUT2D eigenvalue weighted by molar-refractivity contribution is 6.06. The highest BCUT2D eigenvalue weighted by Gasteiger charge is 2.28. The second-order valence-electron chi connectivity index (χ2n) is 8.47. The molecule has 0 unspecified atom stereocenters. The van der Waals surface area contributed by atoms with E-state index in [2.05, 4.69) is 32.6 Å². The lowest BCUT2D eigenvalue weighted by molar-refractivity contribution is -0.142. The van der Waals surface area contributed by atoms with E-state index in [1.165, 1.54) is 0 Å². The van der Waals surface area contributed by atoms with E-state index in [4.69, 9.17) is 0 Å². The SMILES string of the molecule is O=C(NC1CCC(C(=O)O)CC1)c1n[nH]c2cccc(Cc3cc4ccccc4cn3)c12. The molecule has 1 aliphatic rings. The molecule has 0 bridgehead atoms. The van der Waals surface area contributed by atoms with Gasteiger partial charge in [-0.2, -0.15) is 5.10 Å². The van der Waals surface area contributed by atoms with Gasteiger partial charge in [0.05, 0.1) is 11.4 Å². The predicted molar refractivity (Wildman–Crippen MR) is 121 cm³/mol. The summed E-state index contributed by atoms with van der Waals surface area (Å²) in [5, 5.41) is 22.5. The molecular formula is C25H24N4O3. The molecule has 32 heavy (non-hydrogen) atoms. The zero-order valence-electron chi connectivity index (χ0n) is 17.5. The second-order valence-corrected chi connectivity index (χ2v) is 8.47. The van der Waals surface area contributed by atoms with Crippen LogP contribution in [0.3, 0.4) is 0 Å². The van der Waals surface area contributed by atoms with E-state index in [0.717, 1.165) is 32.9 Å². The molecular weight excluding hydrogens is 404 g/mol. The van der Waals surface area contributed by atoms with Gasteiger partial charge in [0, 0.05) is 35.1 Å². The van der Waals surface area contributed by atoms with Crippen LogP contribution >= 0.6 is 0 Å². The number of H-pyrrole nitrogens is 1. The summed E-state index contributed by atoms with van der Waals surface area (Å²) in [7, 11) is 0. The minimum atomic E-state index is -0.750. The Hall–Kier alpha value is -3.74. The van der Waals surface area contributed by atoms with Crippen LogP contribution in [0.1, 0.15) is 47.4 Å². The first-order chi connectivity index (χ1) is 15.6. The van der Waals surface area contributed by atoms with Crippen molar-refractivity contribution in [2.24, 2.45) is 5.92 Å². The summed E-state index contributed by atoms with van der Waals surface area (Å²) >= 11 is 0. The molecule has 2 aromatic carbocycles. The fraction of sp³-hybridized carbons (Fsp3) is 0.280. The Bertz CT molecular complexity index is 1310. The fourth-order valence-electron chi connectivity index (χ4n) is 4.62. The van der Waals surface area contributed by atoms with E-state index < -0.39 is 5.97 Å². The minimum Gasteiger partial charge on any atom is -0.481 e. The van der Waals surface area contributed by atoms with Crippen molar-refractivity contribution in [2.75, 3.05) is 0 Å². The molecule has 7 nitrogen and oxygen atoms in total. The number of aromatic nitrogens is 3. The Morgan fingerprint density at radius 2 is 1.81 bits per heavy atom. The number of hydrogen-bond donors (Lipinski definition) is 3. The summed E-state index contributed by atoms with van der Waals surface area (Å²) in [6.07, 6.45) is 4.96. The van der Waals surface area contributed by atoms with Crippen molar-refractivity contribution in [3.8, 4) is 0 Å². The van der Waals surface area contributed by atoms with Crippen LogP contribution in [0.15, 0.2) is 54.7 Å². The number of aromatic amines is 1. The van der Waals surface area contributed by atoms with Gasteiger partial charge in [-0.15, -0.1) is 0 Å². The lowest BCUT2D eigenvalue weighted by Crippen LogP contribution is -2.39. The number of pyridine rings is 1. The number of aliphatic carboxylic acids is 1. The molecule has 2 aromatic heterocycles. The predicted octanol–water partition coefficient (Wildman–Crippen LogP) is 4.08. The first-order valence-electron chi connectivity index (χ1n) is 10.9. The summed E-state index contributed by atoms with van der Waals surface area (Å²) in [6, 6.07) is 16.0. The average Bonchev–Trinajstić information content (AvgIpc) is 3.25. The summed E-state index contributed by atoms with van der Waals surface area (Å²) in [4.78, 5) is 28.8. The molecule has 1 saturated carbocycles. The van der Waals surface area contributed by atoms with Gasteiger partial charge in [0.15, 0.2) is 5.69 Å². The number of carboxylic acid groups (broad SMARTS) is 1. The number of nitrogens with one attached hydrogen (secondary N) is 2. The molecule has 5 rings (SSSR count). The second kappa shape index (κ2) is 8.42. The van der Waals surface area contributed by atoms with Crippen LogP contribution < -0.4 is 5.32 Å². The molecule has 2 heterocycles. The largest absolute Gasteiger partial charge is 0.481 e. The molecule has 3 N–H and O–H groups in total. The summed E-state index contributed by atoms with van der Waals surface area (Å²) in [6.45, 7) is 0. The maximum Gasteiger partial charge on any atom is 0.306 e. The van der Waals surface area contributed by atoms with E-state index in [9.17, 15) is 14.7 Å². The Morgan fingerprint density at radius 3 is 2.59 bits per heavy atom. The van der Waals surface area contributed by atoms with Gasteiger partial charge in [-0.1, -0.05) is 36.4 Å². The zero-order valence-corrected chi connectivity index (χ0v) is 17.5. The number of benzene rings is 2. The van der Waals surface area contributed by atoms with Gasteiger partial charge in [-0.3, -0.25) is 19.7 Å². The third-order valence-corrected chi connectivity index (χ3v) is 6.36.